The van der Waals surface area contributed by atoms with Gasteiger partial charge in [-0.1, -0.05) is 19.3 Å². The van der Waals surface area contributed by atoms with Crippen LogP contribution in [0.3, 0.4) is 0 Å². The molecule has 0 radical (unpaired) electrons. The van der Waals surface area contributed by atoms with Crippen molar-refractivity contribution in [2.24, 2.45) is 0 Å². The molecule has 3 nitrogen and oxygen atoms in total. The molecular formula is C11H20N2O. The van der Waals surface area contributed by atoms with Gasteiger partial charge in [-0.05, 0) is 26.7 Å². The minimum Gasteiger partial charge on any atom is -0.335 e. The number of nitrogens with one attached hydrogen (secondary N) is 1. The van der Waals surface area contributed by atoms with Crippen LogP contribution in [-0.4, -0.2) is 29.1 Å². The van der Waals surface area contributed by atoms with E-state index < -0.39 is 0 Å². The number of carbonyl (C=O) groups excluding carboxylic acids is 1. The molecule has 3 heteroatoms. The highest BCUT2D eigenvalue weighted by molar-refractivity contribution is 5.78. The van der Waals surface area contributed by atoms with Gasteiger partial charge in [-0.2, -0.15) is 0 Å². The molecule has 0 unspecified atom stereocenters. The van der Waals surface area contributed by atoms with E-state index in [2.05, 4.69) is 19.2 Å². The fourth-order valence-corrected chi connectivity index (χ4v) is 2.20. The van der Waals surface area contributed by atoms with Gasteiger partial charge in [0.2, 0.25) is 0 Å². The summed E-state index contributed by atoms with van der Waals surface area (Å²) in [5.41, 5.74) is 0.110. The first-order valence-corrected chi connectivity index (χ1v) is 5.68. The van der Waals surface area contributed by atoms with Gasteiger partial charge in [-0.25, -0.2) is 4.79 Å². The SMILES string of the molecule is CC1(C)CN1C(=O)NC1CCCCC1. The first-order valence-electron chi connectivity index (χ1n) is 5.68. The molecule has 1 aliphatic carbocycles. The second-order valence-electron chi connectivity index (χ2n) is 5.18. The molecule has 1 heterocycles. The molecular weight excluding hydrogens is 176 g/mol. The van der Waals surface area contributed by atoms with E-state index in [0.717, 1.165) is 6.54 Å². The van der Waals surface area contributed by atoms with Crippen LogP contribution >= 0.6 is 0 Å². The Balaban J connectivity index is 1.77. The molecule has 2 aliphatic rings. The van der Waals surface area contributed by atoms with Gasteiger partial charge in [0.25, 0.3) is 0 Å². The Morgan fingerprint density at radius 2 is 1.86 bits per heavy atom. The lowest BCUT2D eigenvalue weighted by Crippen LogP contribution is -2.40. The predicted octanol–water partition coefficient (Wildman–Crippen LogP) is 2.12. The molecule has 80 valence electrons. The van der Waals surface area contributed by atoms with Crippen LogP contribution in [0.1, 0.15) is 46.0 Å². The van der Waals surface area contributed by atoms with Crippen molar-refractivity contribution in [3.05, 3.63) is 0 Å². The van der Waals surface area contributed by atoms with Gasteiger partial charge in [-0.3, -0.25) is 0 Å². The lowest BCUT2D eigenvalue weighted by molar-refractivity contribution is 0.215. The maximum Gasteiger partial charge on any atom is 0.318 e. The van der Waals surface area contributed by atoms with E-state index in [-0.39, 0.29) is 11.6 Å². The van der Waals surface area contributed by atoms with Crippen molar-refractivity contribution in [1.82, 2.24) is 10.2 Å². The molecule has 0 atom stereocenters. The molecule has 2 rings (SSSR count). The molecule has 0 bridgehead atoms. The summed E-state index contributed by atoms with van der Waals surface area (Å²) in [4.78, 5) is 13.6. The number of nitrogens with zero attached hydrogens (tertiary/aromatic N) is 1. The third kappa shape index (κ3) is 2.02. The summed E-state index contributed by atoms with van der Waals surface area (Å²) in [5, 5.41) is 3.12. The summed E-state index contributed by atoms with van der Waals surface area (Å²) in [7, 11) is 0. The highest BCUT2D eigenvalue weighted by atomic mass is 16.2. The Labute approximate surface area is 85.8 Å². The van der Waals surface area contributed by atoms with E-state index >= 15 is 0 Å². The fourth-order valence-electron chi connectivity index (χ4n) is 2.20. The molecule has 2 amide bonds. The van der Waals surface area contributed by atoms with Crippen LogP contribution < -0.4 is 5.32 Å². The fraction of sp³-hybridized carbons (Fsp3) is 0.909. The summed E-state index contributed by atoms with van der Waals surface area (Å²) >= 11 is 0. The first-order chi connectivity index (χ1) is 6.59. The smallest absolute Gasteiger partial charge is 0.318 e. The van der Waals surface area contributed by atoms with Crippen molar-refractivity contribution < 1.29 is 4.79 Å². The van der Waals surface area contributed by atoms with Crippen LogP contribution in [0.25, 0.3) is 0 Å². The second-order valence-corrected chi connectivity index (χ2v) is 5.18. The van der Waals surface area contributed by atoms with Gasteiger partial charge < -0.3 is 10.2 Å². The maximum absolute atomic E-state index is 11.7. The van der Waals surface area contributed by atoms with Crippen molar-refractivity contribution in [2.45, 2.75) is 57.5 Å². The maximum atomic E-state index is 11.7. The number of carbonyl (C=O) groups is 1. The largest absolute Gasteiger partial charge is 0.335 e. The zero-order valence-electron chi connectivity index (χ0n) is 9.18. The molecule has 2 fully saturated rings. The topological polar surface area (TPSA) is 32.1 Å². The number of amides is 2. The summed E-state index contributed by atoms with van der Waals surface area (Å²) in [5.74, 6) is 0. The summed E-state index contributed by atoms with van der Waals surface area (Å²) in [6.45, 7) is 5.12. The van der Waals surface area contributed by atoms with Crippen molar-refractivity contribution in [2.75, 3.05) is 6.54 Å². The zero-order valence-corrected chi connectivity index (χ0v) is 9.18. The van der Waals surface area contributed by atoms with Crippen LogP contribution in [0.15, 0.2) is 0 Å². The number of rotatable bonds is 1. The van der Waals surface area contributed by atoms with Gasteiger partial charge in [0.15, 0.2) is 0 Å². The Hall–Kier alpha value is -0.730. The summed E-state index contributed by atoms with van der Waals surface area (Å²) < 4.78 is 0. The number of hydrogen-bond donors (Lipinski definition) is 1. The molecule has 14 heavy (non-hydrogen) atoms. The Kier molecular flexibility index (Phi) is 2.41. The van der Waals surface area contributed by atoms with Crippen LogP contribution in [0.2, 0.25) is 0 Å². The quantitative estimate of drug-likeness (QED) is 0.640. The lowest BCUT2D eigenvalue weighted by Gasteiger charge is -2.23. The Morgan fingerprint density at radius 1 is 1.29 bits per heavy atom. The van der Waals surface area contributed by atoms with Gasteiger partial charge in [-0.15, -0.1) is 0 Å². The van der Waals surface area contributed by atoms with Crippen molar-refractivity contribution in [3.8, 4) is 0 Å². The zero-order chi connectivity index (χ0) is 10.2. The predicted molar refractivity (Wildman–Crippen MR) is 56.2 cm³/mol. The van der Waals surface area contributed by atoms with Crippen LogP contribution in [0.4, 0.5) is 4.79 Å². The molecule has 1 N–H and O–H groups in total. The molecule has 0 aromatic carbocycles. The third-order valence-electron chi connectivity index (χ3n) is 3.35. The van der Waals surface area contributed by atoms with Crippen LogP contribution in [-0.2, 0) is 0 Å². The second kappa shape index (κ2) is 3.44. The first kappa shape index (κ1) is 9.81. The highest BCUT2D eigenvalue weighted by Gasteiger charge is 2.46. The van der Waals surface area contributed by atoms with Crippen LogP contribution in [0.5, 0.6) is 0 Å². The van der Waals surface area contributed by atoms with Crippen molar-refractivity contribution >= 4 is 6.03 Å². The van der Waals surface area contributed by atoms with Crippen molar-refractivity contribution in [1.29, 1.82) is 0 Å². The normalized spacial score (nSPS) is 26.0. The molecule has 0 aromatic heterocycles. The number of urea groups is 1. The highest BCUT2D eigenvalue weighted by Crippen LogP contribution is 2.30. The average molecular weight is 196 g/mol. The van der Waals surface area contributed by atoms with E-state index in [1.807, 2.05) is 4.90 Å². The van der Waals surface area contributed by atoms with Gasteiger partial charge >= 0.3 is 6.03 Å². The van der Waals surface area contributed by atoms with Gasteiger partial charge in [0.1, 0.15) is 0 Å². The summed E-state index contributed by atoms with van der Waals surface area (Å²) in [6, 6.07) is 0.578. The lowest BCUT2D eigenvalue weighted by atomic mass is 9.96. The van der Waals surface area contributed by atoms with Crippen molar-refractivity contribution in [3.63, 3.8) is 0 Å². The third-order valence-corrected chi connectivity index (χ3v) is 3.35. The van der Waals surface area contributed by atoms with E-state index in [1.54, 1.807) is 0 Å². The minimum atomic E-state index is 0.110. The monoisotopic (exact) mass is 196 g/mol. The minimum absolute atomic E-state index is 0.110. The van der Waals surface area contributed by atoms with E-state index in [9.17, 15) is 4.79 Å². The Bertz CT molecular complexity index is 231. The van der Waals surface area contributed by atoms with Crippen LogP contribution in [0, 0.1) is 0 Å². The summed E-state index contributed by atoms with van der Waals surface area (Å²) in [6.07, 6.45) is 6.21. The molecule has 1 saturated heterocycles. The van der Waals surface area contributed by atoms with E-state index in [0.29, 0.717) is 6.04 Å². The Morgan fingerprint density at radius 3 is 2.36 bits per heavy atom. The van der Waals surface area contributed by atoms with Gasteiger partial charge in [0.05, 0.1) is 5.54 Å². The standard InChI is InChI=1S/C11H20N2O/c1-11(2)8-13(11)10(14)12-9-6-4-3-5-7-9/h9H,3-8H2,1-2H3,(H,12,14). The van der Waals surface area contributed by atoms with E-state index in [4.69, 9.17) is 0 Å². The number of hydrogen-bond acceptors (Lipinski definition) is 1. The molecule has 1 saturated carbocycles. The van der Waals surface area contributed by atoms with Gasteiger partial charge in [0, 0.05) is 12.6 Å². The molecule has 0 spiro atoms. The molecule has 0 aromatic rings. The molecule has 1 aliphatic heterocycles. The average Bonchev–Trinajstić information content (AvgIpc) is 2.77. The van der Waals surface area contributed by atoms with E-state index in [1.165, 1.54) is 32.1 Å².